The molecule has 0 fully saturated rings. The van der Waals surface area contributed by atoms with E-state index in [1.807, 2.05) is 49.5 Å². The lowest BCUT2D eigenvalue weighted by Gasteiger charge is -2.12. The van der Waals surface area contributed by atoms with Gasteiger partial charge in [-0.3, -0.25) is 14.0 Å². The second kappa shape index (κ2) is 6.25. The number of anilines is 1. The SMILES string of the molecule is C=C(C)/C=C\Nc1cc2c([nH]c(=O)c3nc(C=O)c(C)n32)c2ccccc12. The summed E-state index contributed by atoms with van der Waals surface area (Å²) in [6, 6.07) is 9.78. The van der Waals surface area contributed by atoms with Crippen molar-refractivity contribution in [2.24, 2.45) is 0 Å². The molecule has 0 aliphatic heterocycles. The number of rotatable bonds is 4. The number of hydrogen-bond acceptors (Lipinski definition) is 4. The first-order valence-corrected chi connectivity index (χ1v) is 8.52. The number of nitrogens with one attached hydrogen (secondary N) is 2. The van der Waals surface area contributed by atoms with Crippen molar-refractivity contribution in [3.8, 4) is 0 Å². The predicted molar refractivity (Wildman–Crippen MR) is 109 cm³/mol. The van der Waals surface area contributed by atoms with Gasteiger partial charge in [-0.25, -0.2) is 4.98 Å². The van der Waals surface area contributed by atoms with Crippen molar-refractivity contribution in [3.63, 3.8) is 0 Å². The summed E-state index contributed by atoms with van der Waals surface area (Å²) < 4.78 is 1.73. The fraction of sp³-hybridized carbons (Fsp3) is 0.0952. The Morgan fingerprint density at radius 1 is 1.30 bits per heavy atom. The van der Waals surface area contributed by atoms with Crippen molar-refractivity contribution in [2.45, 2.75) is 13.8 Å². The summed E-state index contributed by atoms with van der Waals surface area (Å²) in [5.41, 5.74) is 4.06. The van der Waals surface area contributed by atoms with Crippen LogP contribution in [-0.4, -0.2) is 20.7 Å². The highest BCUT2D eigenvalue weighted by atomic mass is 16.1. The highest BCUT2D eigenvalue weighted by Crippen LogP contribution is 2.31. The summed E-state index contributed by atoms with van der Waals surface area (Å²) in [6.45, 7) is 7.56. The molecule has 2 N–H and O–H groups in total. The molecule has 0 radical (unpaired) electrons. The molecule has 0 aliphatic carbocycles. The van der Waals surface area contributed by atoms with E-state index in [0.717, 1.165) is 27.5 Å². The number of hydrogen-bond donors (Lipinski definition) is 2. The van der Waals surface area contributed by atoms with Gasteiger partial charge in [-0.1, -0.05) is 36.4 Å². The number of nitrogens with zero attached hydrogens (tertiary/aromatic N) is 2. The largest absolute Gasteiger partial charge is 0.361 e. The van der Waals surface area contributed by atoms with E-state index in [1.165, 1.54) is 0 Å². The van der Waals surface area contributed by atoms with Crippen LogP contribution < -0.4 is 10.9 Å². The lowest BCUT2D eigenvalue weighted by Crippen LogP contribution is -2.12. The molecule has 0 aliphatic rings. The molecule has 6 heteroatoms. The molecule has 0 saturated heterocycles. The van der Waals surface area contributed by atoms with E-state index in [4.69, 9.17) is 0 Å². The Balaban J connectivity index is 2.15. The number of benzene rings is 2. The third kappa shape index (κ3) is 2.62. The summed E-state index contributed by atoms with van der Waals surface area (Å²) in [6.07, 6.45) is 4.38. The van der Waals surface area contributed by atoms with E-state index in [2.05, 4.69) is 21.9 Å². The van der Waals surface area contributed by atoms with Crippen LogP contribution in [0.25, 0.3) is 27.5 Å². The van der Waals surface area contributed by atoms with Gasteiger partial charge in [0, 0.05) is 22.7 Å². The average molecular weight is 358 g/mol. The Bertz CT molecular complexity index is 1330. The maximum absolute atomic E-state index is 12.6. The van der Waals surface area contributed by atoms with Gasteiger partial charge in [0.1, 0.15) is 5.69 Å². The van der Waals surface area contributed by atoms with E-state index in [9.17, 15) is 9.59 Å². The number of allylic oxidation sites excluding steroid dienone is 2. The number of aryl methyl sites for hydroxylation is 1. The predicted octanol–water partition coefficient (Wildman–Crippen LogP) is 3.95. The maximum Gasteiger partial charge on any atom is 0.292 e. The second-order valence-electron chi connectivity index (χ2n) is 6.50. The molecule has 2 aromatic heterocycles. The Morgan fingerprint density at radius 2 is 2.04 bits per heavy atom. The van der Waals surface area contributed by atoms with Crippen LogP contribution >= 0.6 is 0 Å². The topological polar surface area (TPSA) is 79.3 Å². The normalized spacial score (nSPS) is 11.6. The molecule has 0 atom stereocenters. The van der Waals surface area contributed by atoms with Gasteiger partial charge in [-0.05, 0) is 26.0 Å². The number of carbonyl (C=O) groups excluding carboxylic acids is 1. The second-order valence-corrected chi connectivity index (χ2v) is 6.50. The van der Waals surface area contributed by atoms with Gasteiger partial charge in [0.15, 0.2) is 6.29 Å². The van der Waals surface area contributed by atoms with Crippen molar-refractivity contribution in [1.29, 1.82) is 0 Å². The maximum atomic E-state index is 12.6. The monoisotopic (exact) mass is 358 g/mol. The van der Waals surface area contributed by atoms with Crippen LogP contribution in [-0.2, 0) is 0 Å². The van der Waals surface area contributed by atoms with Crippen LogP contribution in [0.5, 0.6) is 0 Å². The Labute approximate surface area is 154 Å². The highest BCUT2D eigenvalue weighted by molar-refractivity contribution is 6.10. The molecule has 134 valence electrons. The van der Waals surface area contributed by atoms with Crippen LogP contribution in [0.1, 0.15) is 23.1 Å². The molecule has 0 unspecified atom stereocenters. The van der Waals surface area contributed by atoms with Crippen molar-refractivity contribution < 1.29 is 4.79 Å². The summed E-state index contributed by atoms with van der Waals surface area (Å²) in [5, 5.41) is 5.17. The van der Waals surface area contributed by atoms with Gasteiger partial charge in [-0.15, -0.1) is 0 Å². The first-order chi connectivity index (χ1) is 13.0. The van der Waals surface area contributed by atoms with Crippen molar-refractivity contribution in [3.05, 3.63) is 76.5 Å². The van der Waals surface area contributed by atoms with Gasteiger partial charge in [-0.2, -0.15) is 0 Å². The molecule has 0 amide bonds. The molecule has 2 aromatic carbocycles. The minimum Gasteiger partial charge on any atom is -0.361 e. The zero-order valence-corrected chi connectivity index (χ0v) is 15.0. The summed E-state index contributed by atoms with van der Waals surface area (Å²) in [4.78, 5) is 31.0. The summed E-state index contributed by atoms with van der Waals surface area (Å²) >= 11 is 0. The minimum atomic E-state index is -0.327. The molecular formula is C21H18N4O2. The van der Waals surface area contributed by atoms with Gasteiger partial charge in [0.25, 0.3) is 5.56 Å². The Kier molecular flexibility index (Phi) is 3.88. The van der Waals surface area contributed by atoms with Crippen molar-refractivity contribution in [2.75, 3.05) is 5.32 Å². The lowest BCUT2D eigenvalue weighted by molar-refractivity contribution is 0.111. The summed E-state index contributed by atoms with van der Waals surface area (Å²) in [5.74, 6) is 0. The van der Waals surface area contributed by atoms with Crippen LogP contribution in [0.15, 0.2) is 59.6 Å². The third-order valence-corrected chi connectivity index (χ3v) is 4.57. The lowest BCUT2D eigenvalue weighted by atomic mass is 10.1. The molecular weight excluding hydrogens is 340 g/mol. The number of H-pyrrole nitrogens is 1. The Morgan fingerprint density at radius 3 is 2.74 bits per heavy atom. The van der Waals surface area contributed by atoms with Gasteiger partial charge < -0.3 is 10.3 Å². The van der Waals surface area contributed by atoms with E-state index >= 15 is 0 Å². The first-order valence-electron chi connectivity index (χ1n) is 8.52. The fourth-order valence-electron chi connectivity index (χ4n) is 3.31. The molecule has 27 heavy (non-hydrogen) atoms. The number of aldehydes is 1. The standard InChI is InChI=1S/C21H18N4O2/c1-12(2)8-9-22-16-10-18-19(15-7-5-4-6-14(15)16)24-21(27)20-23-17(11-26)13(3)25(18)20/h4-11,22H,1H2,2-3H3,(H,24,27)/b9-8-. The van der Waals surface area contributed by atoms with Crippen LogP contribution in [0, 0.1) is 6.92 Å². The number of aromatic amines is 1. The van der Waals surface area contributed by atoms with Crippen LogP contribution in [0.4, 0.5) is 5.69 Å². The smallest absolute Gasteiger partial charge is 0.292 e. The molecule has 0 bridgehead atoms. The first kappa shape index (κ1) is 16.8. The van der Waals surface area contributed by atoms with E-state index in [1.54, 1.807) is 11.3 Å². The number of imidazole rings is 1. The van der Waals surface area contributed by atoms with E-state index < -0.39 is 0 Å². The van der Waals surface area contributed by atoms with Gasteiger partial charge in [0.2, 0.25) is 5.65 Å². The molecule has 0 spiro atoms. The number of carbonyl (C=O) groups is 1. The zero-order valence-electron chi connectivity index (χ0n) is 15.0. The van der Waals surface area contributed by atoms with Gasteiger partial charge >= 0.3 is 0 Å². The van der Waals surface area contributed by atoms with Crippen LogP contribution in [0.2, 0.25) is 0 Å². The molecule has 6 nitrogen and oxygen atoms in total. The molecule has 2 heterocycles. The quantitative estimate of drug-likeness (QED) is 0.329. The zero-order chi connectivity index (χ0) is 19.1. The minimum absolute atomic E-state index is 0.209. The van der Waals surface area contributed by atoms with Gasteiger partial charge in [0.05, 0.1) is 16.7 Å². The van der Waals surface area contributed by atoms with Crippen LogP contribution in [0.3, 0.4) is 0 Å². The summed E-state index contributed by atoms with van der Waals surface area (Å²) in [7, 11) is 0. The highest BCUT2D eigenvalue weighted by Gasteiger charge is 2.16. The Hall–Kier alpha value is -3.67. The molecule has 4 aromatic rings. The number of aromatic nitrogens is 3. The van der Waals surface area contributed by atoms with E-state index in [-0.39, 0.29) is 16.9 Å². The van der Waals surface area contributed by atoms with Crippen molar-refractivity contribution in [1.82, 2.24) is 14.4 Å². The number of fused-ring (bicyclic) bond motifs is 5. The fourth-order valence-corrected chi connectivity index (χ4v) is 3.31. The van der Waals surface area contributed by atoms with E-state index in [0.29, 0.717) is 17.5 Å². The average Bonchev–Trinajstić information content (AvgIpc) is 3.00. The van der Waals surface area contributed by atoms with Crippen molar-refractivity contribution >= 4 is 39.4 Å². The molecule has 0 saturated carbocycles. The third-order valence-electron chi connectivity index (χ3n) is 4.57. The molecule has 4 rings (SSSR count).